The Kier molecular flexibility index (Phi) is 64.7. The maximum atomic E-state index is 14.5. The second-order valence-corrected chi connectivity index (χ2v) is 39.2. The molecule has 7 fully saturated rings. The standard InChI is InChI=1S/C95H165N5O47.3Na/c1-7-9-11-13-15-17-19-21-22-24-26-28-30-32-34-36-64(118)100-52(53(112)35-33-31-29-27-25-23-20-18-16-14-12-10-8-2)47-134-87-75(125)74(124)78(62(45-106)137-87)139-89-77(127)85(147-95(92(132)133)39-56(115)67(98-50(5)110)83(145-95)73(123)61(44-105)142-93(90(128)129)37-54(113)65(96-48(3)108)81(143-93)69(119)57(116)40-101)79(63(46-107)138-89)140-86-68(99-51(6)111)80(71(121)59(42-103)135-86)141-88-76(126)84(72(122)60(43-104)136-88)146-94(91(130)131)38-55(114)66(97-49(4)109)82(144-94)70(120)58(117)41-102;;;/h33,35,52-63,65-89,101-107,112-117,119-127H,7-32,34,36-47H2,1-6H3,(H,96,108)(H,97,109)(H,98,110)(H,99,111)(H,100,118)(H,128,129)(H,130,131)(H,132,133);;;/q;3*+1/p-3/b35-33+;;;/t52-,53+,54-,55-,56-,57+,58+,59+,60+,61+,62+,63+,65+,66+,67+,68+,69+,70+,71-,72-,73-,74+,75+,76+,77+,78+,79-,80+,81+,82+,83+,84-,85+,86-,87+,88-,89-,93+,94-,95-;;;/m0.../s1. The van der Waals surface area contributed by atoms with E-state index in [0.29, 0.717) is 12.8 Å². The second-order valence-electron chi connectivity index (χ2n) is 39.2. The van der Waals surface area contributed by atoms with Gasteiger partial charge in [-0.05, 0) is 19.3 Å². The van der Waals surface area contributed by atoms with Gasteiger partial charge in [0.2, 0.25) is 46.9 Å². The summed E-state index contributed by atoms with van der Waals surface area (Å²) in [5.41, 5.74) is 0. The van der Waals surface area contributed by atoms with Crippen molar-refractivity contribution in [3.8, 4) is 0 Å². The Morgan fingerprint density at radius 3 is 1.12 bits per heavy atom. The summed E-state index contributed by atoms with van der Waals surface area (Å²) in [7, 11) is 0. The van der Waals surface area contributed by atoms with Gasteiger partial charge < -0.3 is 235 Å². The minimum Gasteiger partial charge on any atom is -0.544 e. The number of hydrogen-bond donors (Lipinski definition) is 27. The van der Waals surface area contributed by atoms with Crippen LogP contribution in [-0.2, 0) is 105 Å². The molecule has 7 heterocycles. The smallest absolute Gasteiger partial charge is 0.544 e. The van der Waals surface area contributed by atoms with Crippen LogP contribution in [0.2, 0.25) is 0 Å². The Morgan fingerprint density at radius 2 is 0.713 bits per heavy atom. The number of unbranched alkanes of at least 4 members (excludes halogenated alkanes) is 25. The first-order valence-corrected chi connectivity index (χ1v) is 51.3. The number of hydrogen-bond acceptors (Lipinski definition) is 47. The van der Waals surface area contributed by atoms with E-state index in [4.69, 9.17) is 66.3 Å². The fraction of sp³-hybridized carbons (Fsp3) is 0.895. The van der Waals surface area contributed by atoms with E-state index in [1.807, 2.05) is 0 Å². The minimum absolute atomic E-state index is 0. The number of amides is 5. The van der Waals surface area contributed by atoms with Crippen molar-refractivity contribution in [2.45, 2.75) is 484 Å². The number of carboxylic acids is 3. The Bertz CT molecular complexity index is 3940. The molecule has 0 bridgehead atoms. The van der Waals surface area contributed by atoms with Gasteiger partial charge in [-0.25, -0.2) is 0 Å². The maximum absolute atomic E-state index is 14.5. The molecular formula is C95H162N5Na3O47. The molecule has 0 aromatic carbocycles. The zero-order valence-corrected chi connectivity index (χ0v) is 93.1. The number of carbonyl (C=O) groups excluding carboxylic acids is 8. The van der Waals surface area contributed by atoms with Gasteiger partial charge in [0.05, 0.1) is 101 Å². The van der Waals surface area contributed by atoms with Gasteiger partial charge in [-0.1, -0.05) is 180 Å². The number of aliphatic hydroxyl groups is 22. The number of aliphatic hydroxyl groups excluding tert-OH is 22. The van der Waals surface area contributed by atoms with Crippen molar-refractivity contribution in [1.82, 2.24) is 26.6 Å². The van der Waals surface area contributed by atoms with Crippen LogP contribution in [0.1, 0.15) is 241 Å². The monoisotopic (exact) mass is 2190 g/mol. The molecule has 0 saturated carbocycles. The van der Waals surface area contributed by atoms with Gasteiger partial charge in [-0.3, -0.25) is 24.0 Å². The predicted octanol–water partition coefficient (Wildman–Crippen LogP) is -19.7. The number of rotatable bonds is 66. The van der Waals surface area contributed by atoms with E-state index in [1.165, 1.54) is 83.1 Å². The molecule has 40 atom stereocenters. The zero-order valence-electron chi connectivity index (χ0n) is 87.1. The van der Waals surface area contributed by atoms with Crippen molar-refractivity contribution in [2.75, 3.05) is 52.9 Å². The fourth-order valence-electron chi connectivity index (χ4n) is 19.5. The van der Waals surface area contributed by atoms with Gasteiger partial charge in [0.1, 0.15) is 170 Å². The molecule has 27 N–H and O–H groups in total. The molecule has 0 aliphatic carbocycles. The van der Waals surface area contributed by atoms with E-state index in [9.17, 15) is 166 Å². The van der Waals surface area contributed by atoms with Gasteiger partial charge in [0, 0.05) is 53.4 Å². The number of carbonyl (C=O) groups is 8. The first-order chi connectivity index (χ1) is 69.9. The Hall–Kier alpha value is -2.94. The summed E-state index contributed by atoms with van der Waals surface area (Å²) in [6.07, 6.45) is -49.5. The first-order valence-electron chi connectivity index (χ1n) is 51.3. The number of ether oxygens (including phenoxy) is 14. The van der Waals surface area contributed by atoms with Crippen LogP contribution < -0.4 is 131 Å². The molecular weight excluding hydrogens is 2030 g/mol. The Morgan fingerprint density at radius 1 is 0.373 bits per heavy atom. The molecule has 7 saturated heterocycles. The predicted molar refractivity (Wildman–Crippen MR) is 493 cm³/mol. The van der Waals surface area contributed by atoms with Crippen LogP contribution in [-0.4, -0.2) is 456 Å². The van der Waals surface area contributed by atoms with Crippen LogP contribution in [0, 0.1) is 0 Å². The molecule has 5 amide bonds. The van der Waals surface area contributed by atoms with Gasteiger partial charge in [0.25, 0.3) is 0 Å². The van der Waals surface area contributed by atoms with Crippen molar-refractivity contribution < 1.29 is 321 Å². The molecule has 7 rings (SSSR count). The molecule has 52 nitrogen and oxygen atoms in total. The molecule has 55 heteroatoms. The van der Waals surface area contributed by atoms with Crippen molar-refractivity contribution in [2.24, 2.45) is 0 Å². The summed E-state index contributed by atoms with van der Waals surface area (Å²) in [5.74, 6) is -23.4. The van der Waals surface area contributed by atoms with Gasteiger partial charge in [-0.15, -0.1) is 0 Å². The fourth-order valence-corrected chi connectivity index (χ4v) is 19.5. The molecule has 0 unspecified atom stereocenters. The summed E-state index contributed by atoms with van der Waals surface area (Å²) < 4.78 is 84.0. The van der Waals surface area contributed by atoms with Gasteiger partial charge >= 0.3 is 88.7 Å². The number of aliphatic carboxylic acids is 3. The van der Waals surface area contributed by atoms with Crippen LogP contribution in [0.4, 0.5) is 0 Å². The van der Waals surface area contributed by atoms with E-state index in [0.717, 1.165) is 111 Å². The largest absolute Gasteiger partial charge is 1.00 e. The van der Waals surface area contributed by atoms with Crippen LogP contribution >= 0.6 is 0 Å². The zero-order chi connectivity index (χ0) is 109. The van der Waals surface area contributed by atoms with Gasteiger partial charge in [0.15, 0.2) is 25.2 Å². The van der Waals surface area contributed by atoms with E-state index in [1.54, 1.807) is 6.08 Å². The van der Waals surface area contributed by atoms with Crippen molar-refractivity contribution in [3.63, 3.8) is 0 Å². The quantitative estimate of drug-likeness (QED) is 0.0153. The van der Waals surface area contributed by atoms with E-state index >= 15 is 0 Å². The number of carboxylic acid groups (broad SMARTS) is 3. The molecule has 0 aromatic heterocycles. The third kappa shape index (κ3) is 39.8. The summed E-state index contributed by atoms with van der Waals surface area (Å²) in [6, 6.07) is -9.53. The van der Waals surface area contributed by atoms with Crippen LogP contribution in [0.15, 0.2) is 12.2 Å². The summed E-state index contributed by atoms with van der Waals surface area (Å²) in [5, 5.41) is 306. The average molecular weight is 2200 g/mol. The van der Waals surface area contributed by atoms with Crippen molar-refractivity contribution in [1.29, 1.82) is 0 Å². The number of nitrogens with one attached hydrogen (secondary N) is 5. The Balaban J connectivity index is 0.0000156. The summed E-state index contributed by atoms with van der Waals surface area (Å²) >= 11 is 0. The summed E-state index contributed by atoms with van der Waals surface area (Å²) in [6.45, 7) is -2.54. The molecule has 0 aromatic rings. The SMILES string of the molecule is CCCCCCCCCCCCC/C=C/[C@@H](O)[C@H](CO[C@@H]1O[C@H](CO)[C@@H](O[C@@H]2O[C@H](CO)[C@H](O[C@@H]3O[C@H](CO)[C@H](O)[C@H](O[C@@H]4O[C@H](CO)[C@H](O)[C@H](O[C@]5(C(=O)[O-])C[C@H](O)[C@@H](NC(C)=O)[C@H]([C@H](O)[C@H](O)CO)O5)[C@H]4O)[C@H]3NC(C)=O)[C@H](O[C@]3(C(=O)[O-])C[C@H](O)[C@@H](NC(C)=O)[C@H]([C@@H](O)[C@@H](CO)O[C@]4(C(=O)[O-])C[C@H](O)[C@@H](NC(C)=O)[C@H]([C@H](O)[C@H](O)CO)O4)O3)[C@H]2O)[C@H](O)[C@H]1O)NC(=O)CCCCCCCCCCCCCCCCC.[Na+].[Na+].[Na+]. The number of allylic oxidation sites excluding steroid dienone is 1. The van der Waals surface area contributed by atoms with Crippen LogP contribution in [0.3, 0.4) is 0 Å². The molecule has 7 aliphatic heterocycles. The average Bonchev–Trinajstić information content (AvgIpc) is 0.742. The van der Waals surface area contributed by atoms with E-state index in [-0.39, 0.29) is 95.1 Å². The molecule has 7 aliphatic rings. The maximum Gasteiger partial charge on any atom is 1.00 e. The van der Waals surface area contributed by atoms with Gasteiger partial charge in [-0.2, -0.15) is 0 Å². The Labute approximate surface area is 937 Å². The second kappa shape index (κ2) is 69.7. The van der Waals surface area contributed by atoms with Crippen LogP contribution in [0.25, 0.3) is 0 Å². The molecule has 0 radical (unpaired) electrons. The third-order valence-corrected chi connectivity index (χ3v) is 27.5. The van der Waals surface area contributed by atoms with Crippen molar-refractivity contribution in [3.05, 3.63) is 12.2 Å². The third-order valence-electron chi connectivity index (χ3n) is 27.5. The topological polar surface area (TPSA) is 840 Å². The van der Waals surface area contributed by atoms with E-state index < -0.39 is 363 Å². The first kappa shape index (κ1) is 139. The molecule has 852 valence electrons. The summed E-state index contributed by atoms with van der Waals surface area (Å²) in [4.78, 5) is 107. The van der Waals surface area contributed by atoms with Crippen molar-refractivity contribution >= 4 is 47.4 Å². The minimum atomic E-state index is -3.94. The van der Waals surface area contributed by atoms with E-state index in [2.05, 4.69) is 40.4 Å². The van der Waals surface area contributed by atoms with Crippen LogP contribution in [0.5, 0.6) is 0 Å². The normalized spacial score (nSPS) is 34.8. The molecule has 150 heavy (non-hydrogen) atoms. The molecule has 0 spiro atoms.